The summed E-state index contributed by atoms with van der Waals surface area (Å²) in [6.07, 6.45) is 0.856. The molecule has 1 aromatic rings. The second-order valence-electron chi connectivity index (χ2n) is 2.76. The van der Waals surface area contributed by atoms with Gasteiger partial charge in [0.15, 0.2) is 0 Å². The largest absolute Gasteiger partial charge is 0.492 e. The molecule has 0 aliphatic rings. The zero-order valence-corrected chi connectivity index (χ0v) is 11.0. The Kier molecular flexibility index (Phi) is 5.04. The Morgan fingerprint density at radius 1 is 1.47 bits per heavy atom. The molecule has 0 amide bonds. The molecule has 0 N–H and O–H groups in total. The molecule has 6 heteroatoms. The van der Waals surface area contributed by atoms with Crippen molar-refractivity contribution in [1.29, 1.82) is 0 Å². The number of nitrogens with zero attached hydrogens (tertiary/aromatic N) is 1. The monoisotopic (exact) mass is 337 g/mol. The van der Waals surface area contributed by atoms with E-state index in [1.807, 2.05) is 0 Å². The van der Waals surface area contributed by atoms with Gasteiger partial charge < -0.3 is 4.74 Å². The van der Waals surface area contributed by atoms with Crippen LogP contribution in [0.25, 0.3) is 0 Å². The molecule has 0 spiro atoms. The minimum atomic E-state index is -0.441. The maximum atomic E-state index is 10.5. The third-order valence-electron chi connectivity index (χ3n) is 1.66. The molecular weight excluding hydrogens is 330 g/mol. The molecule has 0 aromatic heterocycles. The van der Waals surface area contributed by atoms with Crippen LogP contribution in [0.4, 0.5) is 5.69 Å². The van der Waals surface area contributed by atoms with Gasteiger partial charge in [-0.15, -0.1) is 0 Å². The lowest BCUT2D eigenvalue weighted by Gasteiger charge is -2.06. The molecule has 0 aliphatic heterocycles. The molecule has 0 unspecified atom stereocenters. The fourth-order valence-corrected chi connectivity index (χ4v) is 1.54. The number of benzene rings is 1. The number of halogens is 2. The number of ether oxygens (including phenoxy) is 1. The molecule has 0 radical (unpaired) electrons. The molecule has 4 nitrogen and oxygen atoms in total. The quantitative estimate of drug-likeness (QED) is 0.357. The number of hydrogen-bond donors (Lipinski definition) is 0. The van der Waals surface area contributed by atoms with Crippen molar-refractivity contribution in [2.24, 2.45) is 0 Å². The summed E-state index contributed by atoms with van der Waals surface area (Å²) in [7, 11) is 0. The predicted molar refractivity (Wildman–Crippen MR) is 64.7 cm³/mol. The van der Waals surface area contributed by atoms with Gasteiger partial charge in [-0.1, -0.05) is 15.9 Å². The number of hydrogen-bond acceptors (Lipinski definition) is 3. The summed E-state index contributed by atoms with van der Waals surface area (Å²) in [4.78, 5) is 10.1. The minimum Gasteiger partial charge on any atom is -0.492 e. The highest BCUT2D eigenvalue weighted by Gasteiger charge is 2.09. The topological polar surface area (TPSA) is 52.4 Å². The van der Waals surface area contributed by atoms with E-state index in [1.165, 1.54) is 12.1 Å². The van der Waals surface area contributed by atoms with Gasteiger partial charge in [0.25, 0.3) is 5.69 Å². The van der Waals surface area contributed by atoms with Crippen LogP contribution in [-0.2, 0) is 0 Å². The third-order valence-corrected chi connectivity index (χ3v) is 2.88. The van der Waals surface area contributed by atoms with Gasteiger partial charge in [0, 0.05) is 11.4 Å². The average molecular weight is 339 g/mol. The van der Waals surface area contributed by atoms with Crippen LogP contribution < -0.4 is 4.74 Å². The Balaban J connectivity index is 2.76. The standard InChI is InChI=1S/C9H9Br2NO3/c10-4-1-5-15-9-6-7(12(13)14)2-3-8(9)11/h2-3,6H,1,4-5H2. The smallest absolute Gasteiger partial charge is 0.273 e. The number of nitro benzene ring substituents is 1. The first kappa shape index (κ1) is 12.4. The van der Waals surface area contributed by atoms with Crippen LogP contribution in [0, 0.1) is 10.1 Å². The number of non-ortho nitro benzene ring substituents is 1. The predicted octanol–water partition coefficient (Wildman–Crippen LogP) is 3.52. The molecule has 82 valence electrons. The molecule has 0 heterocycles. The van der Waals surface area contributed by atoms with Gasteiger partial charge in [-0.05, 0) is 28.4 Å². The number of nitro groups is 1. The van der Waals surface area contributed by atoms with Crippen molar-refractivity contribution in [3.63, 3.8) is 0 Å². The lowest BCUT2D eigenvalue weighted by Crippen LogP contribution is -1.99. The van der Waals surface area contributed by atoms with Crippen LogP contribution in [-0.4, -0.2) is 16.9 Å². The van der Waals surface area contributed by atoms with E-state index in [0.717, 1.165) is 16.2 Å². The van der Waals surface area contributed by atoms with Gasteiger partial charge in [0.1, 0.15) is 5.75 Å². The fourth-order valence-electron chi connectivity index (χ4n) is 0.953. The zero-order chi connectivity index (χ0) is 11.3. The summed E-state index contributed by atoms with van der Waals surface area (Å²) in [5, 5.41) is 11.4. The van der Waals surface area contributed by atoms with Gasteiger partial charge in [-0.3, -0.25) is 10.1 Å². The van der Waals surface area contributed by atoms with Gasteiger partial charge in [-0.25, -0.2) is 0 Å². The van der Waals surface area contributed by atoms with Crippen LogP contribution in [0.15, 0.2) is 22.7 Å². The summed E-state index contributed by atoms with van der Waals surface area (Å²) >= 11 is 6.55. The van der Waals surface area contributed by atoms with Gasteiger partial charge >= 0.3 is 0 Å². The van der Waals surface area contributed by atoms with Crippen LogP contribution in [0.1, 0.15) is 6.42 Å². The summed E-state index contributed by atoms with van der Waals surface area (Å²) in [6.45, 7) is 0.533. The van der Waals surface area contributed by atoms with E-state index in [2.05, 4.69) is 31.9 Å². The maximum absolute atomic E-state index is 10.5. The molecular formula is C9H9Br2NO3. The van der Waals surface area contributed by atoms with E-state index >= 15 is 0 Å². The Morgan fingerprint density at radius 2 is 2.20 bits per heavy atom. The van der Waals surface area contributed by atoms with E-state index in [1.54, 1.807) is 6.07 Å². The van der Waals surface area contributed by atoms with Crippen molar-refractivity contribution in [2.75, 3.05) is 11.9 Å². The maximum Gasteiger partial charge on any atom is 0.273 e. The summed E-state index contributed by atoms with van der Waals surface area (Å²) in [6, 6.07) is 4.46. The fraction of sp³-hybridized carbons (Fsp3) is 0.333. The van der Waals surface area contributed by atoms with Crippen LogP contribution >= 0.6 is 31.9 Å². The molecule has 0 saturated heterocycles. The SMILES string of the molecule is O=[N+]([O-])c1ccc(Br)c(OCCCBr)c1. The van der Waals surface area contributed by atoms with E-state index in [-0.39, 0.29) is 5.69 Å². The zero-order valence-electron chi connectivity index (χ0n) is 7.78. The normalized spacial score (nSPS) is 10.0. The van der Waals surface area contributed by atoms with Crippen molar-refractivity contribution in [3.8, 4) is 5.75 Å². The first-order valence-corrected chi connectivity index (χ1v) is 6.19. The Labute approximate surface area is 104 Å². The van der Waals surface area contributed by atoms with Gasteiger partial charge in [-0.2, -0.15) is 0 Å². The Bertz CT molecular complexity index is 357. The van der Waals surface area contributed by atoms with Crippen molar-refractivity contribution < 1.29 is 9.66 Å². The highest BCUT2D eigenvalue weighted by molar-refractivity contribution is 9.10. The molecule has 15 heavy (non-hydrogen) atoms. The summed E-state index contributed by atoms with van der Waals surface area (Å²) in [5.74, 6) is 0.505. The summed E-state index contributed by atoms with van der Waals surface area (Å²) < 4.78 is 6.11. The van der Waals surface area contributed by atoms with E-state index in [4.69, 9.17) is 4.74 Å². The second kappa shape index (κ2) is 6.07. The second-order valence-corrected chi connectivity index (χ2v) is 4.41. The van der Waals surface area contributed by atoms with E-state index < -0.39 is 4.92 Å². The lowest BCUT2D eigenvalue weighted by atomic mass is 10.3. The molecule has 0 aliphatic carbocycles. The van der Waals surface area contributed by atoms with Crippen LogP contribution in [0.3, 0.4) is 0 Å². The first-order chi connectivity index (χ1) is 7.15. The van der Waals surface area contributed by atoms with Crippen molar-refractivity contribution in [2.45, 2.75) is 6.42 Å². The van der Waals surface area contributed by atoms with Crippen molar-refractivity contribution in [1.82, 2.24) is 0 Å². The molecule has 0 fully saturated rings. The lowest BCUT2D eigenvalue weighted by molar-refractivity contribution is -0.385. The van der Waals surface area contributed by atoms with Gasteiger partial charge in [0.05, 0.1) is 22.1 Å². The number of rotatable bonds is 5. The van der Waals surface area contributed by atoms with Crippen LogP contribution in [0.2, 0.25) is 0 Å². The molecule has 1 rings (SSSR count). The molecule has 1 aromatic carbocycles. The highest BCUT2D eigenvalue weighted by Crippen LogP contribution is 2.29. The average Bonchev–Trinajstić information content (AvgIpc) is 2.20. The summed E-state index contributed by atoms with van der Waals surface area (Å²) in [5.41, 5.74) is 0.0343. The third kappa shape index (κ3) is 3.79. The Morgan fingerprint density at radius 3 is 2.80 bits per heavy atom. The van der Waals surface area contributed by atoms with E-state index in [9.17, 15) is 10.1 Å². The number of alkyl halides is 1. The molecule has 0 atom stereocenters. The van der Waals surface area contributed by atoms with Crippen molar-refractivity contribution >= 4 is 37.5 Å². The Hall–Kier alpha value is -0.620. The minimum absolute atomic E-state index is 0.0343. The molecule has 0 saturated carbocycles. The van der Waals surface area contributed by atoms with Crippen LogP contribution in [0.5, 0.6) is 5.75 Å². The molecule has 0 bridgehead atoms. The highest BCUT2D eigenvalue weighted by atomic mass is 79.9. The van der Waals surface area contributed by atoms with Crippen molar-refractivity contribution in [3.05, 3.63) is 32.8 Å². The van der Waals surface area contributed by atoms with Gasteiger partial charge in [0.2, 0.25) is 0 Å². The van der Waals surface area contributed by atoms with E-state index in [0.29, 0.717) is 12.4 Å². The first-order valence-electron chi connectivity index (χ1n) is 4.28.